The first-order chi connectivity index (χ1) is 11.8. The zero-order valence-electron chi connectivity index (χ0n) is 14.7. The molecule has 0 bridgehead atoms. The van der Waals surface area contributed by atoms with Gasteiger partial charge in [0, 0.05) is 30.3 Å². The number of rotatable bonds is 7. The Labute approximate surface area is 158 Å². The molecule has 7 nitrogen and oxygen atoms in total. The van der Waals surface area contributed by atoms with Crippen LogP contribution < -0.4 is 16.4 Å². The molecule has 2 aromatic rings. The fourth-order valence-electron chi connectivity index (χ4n) is 2.20. The molecule has 0 heterocycles. The molecule has 0 saturated heterocycles. The van der Waals surface area contributed by atoms with Crippen molar-refractivity contribution in [2.24, 2.45) is 5.73 Å². The third-order valence-electron chi connectivity index (χ3n) is 3.74. The topological polar surface area (TPSA) is 110 Å². The summed E-state index contributed by atoms with van der Waals surface area (Å²) in [6, 6.07) is 13.9. The van der Waals surface area contributed by atoms with Crippen LogP contribution in [0.3, 0.4) is 0 Å². The van der Waals surface area contributed by atoms with Gasteiger partial charge in [-0.15, -0.1) is 12.4 Å². The third kappa shape index (κ3) is 5.72. The summed E-state index contributed by atoms with van der Waals surface area (Å²) in [4.78, 5) is 23.1. The Morgan fingerprint density at radius 1 is 1.19 bits per heavy atom. The van der Waals surface area contributed by atoms with Gasteiger partial charge in [0.15, 0.2) is 0 Å². The van der Waals surface area contributed by atoms with E-state index in [4.69, 9.17) is 5.73 Å². The van der Waals surface area contributed by atoms with Crippen molar-refractivity contribution >= 4 is 29.7 Å². The van der Waals surface area contributed by atoms with E-state index in [1.807, 2.05) is 30.3 Å². The van der Waals surface area contributed by atoms with Crippen LogP contribution in [-0.2, 0) is 6.54 Å². The number of nitro benzene ring substituents is 1. The molecule has 0 aliphatic rings. The van der Waals surface area contributed by atoms with Gasteiger partial charge >= 0.3 is 0 Å². The van der Waals surface area contributed by atoms with Crippen molar-refractivity contribution in [3.8, 4) is 0 Å². The fraction of sp³-hybridized carbons (Fsp3) is 0.278. The number of hydrogen-bond acceptors (Lipinski definition) is 5. The molecule has 0 aromatic heterocycles. The van der Waals surface area contributed by atoms with E-state index in [0.29, 0.717) is 12.2 Å². The van der Waals surface area contributed by atoms with Gasteiger partial charge in [-0.3, -0.25) is 14.9 Å². The van der Waals surface area contributed by atoms with E-state index in [9.17, 15) is 14.9 Å². The van der Waals surface area contributed by atoms with Gasteiger partial charge in [-0.1, -0.05) is 30.3 Å². The normalized spacial score (nSPS) is 10.6. The Bertz CT molecular complexity index is 766. The monoisotopic (exact) mass is 378 g/mol. The Morgan fingerprint density at radius 3 is 2.42 bits per heavy atom. The smallest absolute Gasteiger partial charge is 0.293 e. The van der Waals surface area contributed by atoms with Crippen molar-refractivity contribution in [1.29, 1.82) is 0 Å². The standard InChI is InChI=1S/C18H22N4O3.ClH/c1-18(2,12-19)21-17(23)14-8-9-15(16(10-14)22(24)25)20-11-13-6-4-3-5-7-13;/h3-10,20H,11-12,19H2,1-2H3,(H,21,23);1H. The van der Waals surface area contributed by atoms with Crippen LogP contribution in [0.1, 0.15) is 29.8 Å². The van der Waals surface area contributed by atoms with Gasteiger partial charge < -0.3 is 16.4 Å². The van der Waals surface area contributed by atoms with Crippen LogP contribution in [0, 0.1) is 10.1 Å². The van der Waals surface area contributed by atoms with Crippen LogP contribution in [0.4, 0.5) is 11.4 Å². The number of carbonyl (C=O) groups excluding carboxylic acids is 1. The summed E-state index contributed by atoms with van der Waals surface area (Å²) < 4.78 is 0. The molecule has 0 unspecified atom stereocenters. The number of halogens is 1. The predicted octanol–water partition coefficient (Wildman–Crippen LogP) is 3.10. The second kappa shape index (κ2) is 9.17. The Kier molecular flexibility index (Phi) is 7.55. The lowest BCUT2D eigenvalue weighted by molar-refractivity contribution is -0.384. The second-order valence-corrected chi connectivity index (χ2v) is 6.37. The zero-order chi connectivity index (χ0) is 18.4. The molecule has 0 aliphatic carbocycles. The highest BCUT2D eigenvalue weighted by molar-refractivity contribution is 5.96. The molecule has 1 amide bonds. The zero-order valence-corrected chi connectivity index (χ0v) is 15.5. The van der Waals surface area contributed by atoms with Crippen molar-refractivity contribution in [2.75, 3.05) is 11.9 Å². The Balaban J connectivity index is 0.00000338. The van der Waals surface area contributed by atoms with Gasteiger partial charge in [-0.2, -0.15) is 0 Å². The molecule has 0 saturated carbocycles. The van der Waals surface area contributed by atoms with Crippen LogP contribution >= 0.6 is 12.4 Å². The summed E-state index contributed by atoms with van der Waals surface area (Å²) in [5, 5.41) is 17.2. The number of hydrogen-bond donors (Lipinski definition) is 3. The van der Waals surface area contributed by atoms with Gasteiger partial charge in [0.05, 0.1) is 4.92 Å². The minimum atomic E-state index is -0.587. The number of nitrogens with zero attached hydrogens (tertiary/aromatic N) is 1. The maximum absolute atomic E-state index is 12.3. The summed E-state index contributed by atoms with van der Waals surface area (Å²) in [7, 11) is 0. The summed E-state index contributed by atoms with van der Waals surface area (Å²) in [5.74, 6) is -0.395. The van der Waals surface area contributed by atoms with E-state index < -0.39 is 16.4 Å². The molecule has 4 N–H and O–H groups in total. The third-order valence-corrected chi connectivity index (χ3v) is 3.74. The maximum atomic E-state index is 12.3. The number of carbonyl (C=O) groups is 1. The summed E-state index contributed by atoms with van der Waals surface area (Å²) in [6.07, 6.45) is 0. The molecule has 0 aliphatic heterocycles. The molecule has 2 aromatic carbocycles. The van der Waals surface area contributed by atoms with Crippen molar-refractivity contribution in [1.82, 2.24) is 5.32 Å². The van der Waals surface area contributed by atoms with Crippen LogP contribution in [-0.4, -0.2) is 22.9 Å². The van der Waals surface area contributed by atoms with Crippen molar-refractivity contribution in [3.63, 3.8) is 0 Å². The van der Waals surface area contributed by atoms with Gasteiger partial charge in [-0.05, 0) is 31.5 Å². The molecule has 0 radical (unpaired) electrons. The quantitative estimate of drug-likeness (QED) is 0.506. The van der Waals surface area contributed by atoms with E-state index in [2.05, 4.69) is 10.6 Å². The Morgan fingerprint density at radius 2 is 1.85 bits per heavy atom. The van der Waals surface area contributed by atoms with Crippen LogP contribution in [0.15, 0.2) is 48.5 Å². The van der Waals surface area contributed by atoms with Crippen molar-refractivity contribution < 1.29 is 9.72 Å². The molecule has 0 atom stereocenters. The first kappa shape index (κ1) is 21.4. The fourth-order valence-corrected chi connectivity index (χ4v) is 2.20. The van der Waals surface area contributed by atoms with E-state index in [-0.39, 0.29) is 30.2 Å². The lowest BCUT2D eigenvalue weighted by Gasteiger charge is -2.24. The highest BCUT2D eigenvalue weighted by atomic mass is 35.5. The number of nitrogens with two attached hydrogens (primary N) is 1. The van der Waals surface area contributed by atoms with Gasteiger partial charge in [0.25, 0.3) is 11.6 Å². The summed E-state index contributed by atoms with van der Waals surface area (Å²) >= 11 is 0. The first-order valence-electron chi connectivity index (χ1n) is 7.91. The van der Waals surface area contributed by atoms with E-state index in [0.717, 1.165) is 5.56 Å². The van der Waals surface area contributed by atoms with Crippen molar-refractivity contribution in [2.45, 2.75) is 25.9 Å². The van der Waals surface area contributed by atoms with E-state index >= 15 is 0 Å². The average molecular weight is 379 g/mol. The minimum absolute atomic E-state index is 0. The van der Waals surface area contributed by atoms with Crippen LogP contribution in [0.5, 0.6) is 0 Å². The predicted molar refractivity (Wildman–Crippen MR) is 105 cm³/mol. The molecule has 140 valence electrons. The highest BCUT2D eigenvalue weighted by Gasteiger charge is 2.22. The van der Waals surface area contributed by atoms with E-state index in [1.165, 1.54) is 6.07 Å². The highest BCUT2D eigenvalue weighted by Crippen LogP contribution is 2.26. The second-order valence-electron chi connectivity index (χ2n) is 6.37. The summed E-state index contributed by atoms with van der Waals surface area (Å²) in [5.41, 5.74) is 6.45. The number of nitrogens with one attached hydrogen (secondary N) is 2. The molecule has 26 heavy (non-hydrogen) atoms. The molecular formula is C18H23ClN4O3. The molecular weight excluding hydrogens is 356 g/mol. The molecule has 0 fully saturated rings. The molecule has 0 spiro atoms. The minimum Gasteiger partial charge on any atom is -0.375 e. The largest absolute Gasteiger partial charge is 0.375 e. The average Bonchev–Trinajstić information content (AvgIpc) is 2.60. The summed E-state index contributed by atoms with van der Waals surface area (Å²) in [6.45, 7) is 4.29. The lowest BCUT2D eigenvalue weighted by Crippen LogP contribution is -2.48. The first-order valence-corrected chi connectivity index (χ1v) is 7.91. The van der Waals surface area contributed by atoms with Gasteiger partial charge in [0.2, 0.25) is 0 Å². The van der Waals surface area contributed by atoms with E-state index in [1.54, 1.807) is 26.0 Å². The molecule has 2 rings (SSSR count). The number of amides is 1. The Hall–Kier alpha value is -2.64. The van der Waals surface area contributed by atoms with Crippen molar-refractivity contribution in [3.05, 3.63) is 69.8 Å². The number of anilines is 1. The van der Waals surface area contributed by atoms with Crippen LogP contribution in [0.25, 0.3) is 0 Å². The SMILES string of the molecule is CC(C)(CN)NC(=O)c1ccc(NCc2ccccc2)c([N+](=O)[O-])c1.Cl. The van der Waals surface area contributed by atoms with Gasteiger partial charge in [0.1, 0.15) is 5.69 Å². The number of nitro groups is 1. The number of benzene rings is 2. The van der Waals surface area contributed by atoms with Gasteiger partial charge in [-0.25, -0.2) is 0 Å². The van der Waals surface area contributed by atoms with Crippen LogP contribution in [0.2, 0.25) is 0 Å². The maximum Gasteiger partial charge on any atom is 0.293 e. The lowest BCUT2D eigenvalue weighted by atomic mass is 10.0. The molecule has 8 heteroatoms.